The van der Waals surface area contributed by atoms with Crippen LogP contribution in [0.5, 0.6) is 0 Å². The molecule has 2 heterocycles. The van der Waals surface area contributed by atoms with Gasteiger partial charge >= 0.3 is 12.1 Å². The number of benzene rings is 1. The van der Waals surface area contributed by atoms with E-state index in [9.17, 15) is 18.0 Å². The molecule has 3 rings (SSSR count). The Morgan fingerprint density at radius 1 is 1.23 bits per heavy atom. The predicted octanol–water partition coefficient (Wildman–Crippen LogP) is 4.16. The number of hydrogen-bond donors (Lipinski definition) is 0. The molecule has 2 aromatic rings. The number of nitrogens with zero attached hydrogens (tertiary/aromatic N) is 3. The summed E-state index contributed by atoms with van der Waals surface area (Å²) < 4.78 is 42.3. The average molecular weight is 386 g/mol. The van der Waals surface area contributed by atoms with E-state index >= 15 is 0 Å². The van der Waals surface area contributed by atoms with E-state index in [1.165, 1.54) is 6.08 Å². The summed E-state index contributed by atoms with van der Waals surface area (Å²) in [5, 5.41) is 7.08. The van der Waals surface area contributed by atoms with Gasteiger partial charge in [0.15, 0.2) is 0 Å². The van der Waals surface area contributed by atoms with Crippen LogP contribution in [0.25, 0.3) is 6.08 Å². The SMILES string of the molecule is O=C(/C=C/c1ccccc1Cl)N1CCC(c2nnc(C(F)(F)F)o2)CC1. The van der Waals surface area contributed by atoms with Crippen LogP contribution in [-0.4, -0.2) is 34.1 Å². The maximum absolute atomic E-state index is 12.5. The number of piperidine rings is 1. The second kappa shape index (κ2) is 7.49. The van der Waals surface area contributed by atoms with Crippen LogP contribution >= 0.6 is 11.6 Å². The number of aromatic nitrogens is 2. The molecule has 0 unspecified atom stereocenters. The largest absolute Gasteiger partial charge is 0.470 e. The smallest absolute Gasteiger partial charge is 0.417 e. The summed E-state index contributed by atoms with van der Waals surface area (Å²) >= 11 is 6.03. The second-order valence-corrected chi connectivity index (χ2v) is 6.30. The first kappa shape index (κ1) is 18.4. The molecule has 1 aliphatic rings. The molecule has 9 heteroatoms. The van der Waals surface area contributed by atoms with Crippen LogP contribution in [0, 0.1) is 0 Å². The Morgan fingerprint density at radius 3 is 2.54 bits per heavy atom. The third-order valence-electron chi connectivity index (χ3n) is 4.15. The minimum absolute atomic E-state index is 0.0315. The van der Waals surface area contributed by atoms with Crippen molar-refractivity contribution in [2.75, 3.05) is 13.1 Å². The van der Waals surface area contributed by atoms with Gasteiger partial charge < -0.3 is 9.32 Å². The molecule has 0 saturated carbocycles. The standard InChI is InChI=1S/C17H15ClF3N3O2/c18-13-4-2-1-3-11(13)5-6-14(25)24-9-7-12(8-10-24)15-22-23-16(26-15)17(19,20)21/h1-6,12H,7-10H2/b6-5+. The van der Waals surface area contributed by atoms with Gasteiger partial charge in [0.2, 0.25) is 11.8 Å². The van der Waals surface area contributed by atoms with Crippen molar-refractivity contribution in [3.63, 3.8) is 0 Å². The Bertz CT molecular complexity index is 812. The quantitative estimate of drug-likeness (QED) is 0.744. The van der Waals surface area contributed by atoms with Gasteiger partial charge in [-0.05, 0) is 30.5 Å². The van der Waals surface area contributed by atoms with E-state index in [2.05, 4.69) is 10.2 Å². The van der Waals surface area contributed by atoms with E-state index in [1.54, 1.807) is 29.2 Å². The highest BCUT2D eigenvalue weighted by Crippen LogP contribution is 2.32. The number of alkyl halides is 3. The summed E-state index contributed by atoms with van der Waals surface area (Å²) in [4.78, 5) is 13.9. The Balaban J connectivity index is 1.57. The maximum Gasteiger partial charge on any atom is 0.470 e. The Hall–Kier alpha value is -2.35. The number of amides is 1. The lowest BCUT2D eigenvalue weighted by molar-refractivity contribution is -0.157. The van der Waals surface area contributed by atoms with Gasteiger partial charge in [-0.25, -0.2) is 0 Å². The molecule has 1 aromatic heterocycles. The zero-order valence-corrected chi connectivity index (χ0v) is 14.3. The van der Waals surface area contributed by atoms with Crippen LogP contribution in [-0.2, 0) is 11.0 Å². The molecule has 0 bridgehead atoms. The van der Waals surface area contributed by atoms with Gasteiger partial charge in [-0.15, -0.1) is 10.2 Å². The van der Waals surface area contributed by atoms with E-state index in [-0.39, 0.29) is 17.7 Å². The van der Waals surface area contributed by atoms with Gasteiger partial charge in [-0.1, -0.05) is 29.8 Å². The zero-order valence-electron chi connectivity index (χ0n) is 13.5. The van der Waals surface area contributed by atoms with Gasteiger partial charge in [0.05, 0.1) is 0 Å². The third kappa shape index (κ3) is 4.24. The Labute approximate surface area is 152 Å². The molecule has 0 aliphatic carbocycles. The fraction of sp³-hybridized carbons (Fsp3) is 0.353. The lowest BCUT2D eigenvalue weighted by Gasteiger charge is -2.29. The molecule has 138 valence electrons. The lowest BCUT2D eigenvalue weighted by Crippen LogP contribution is -2.36. The van der Waals surface area contributed by atoms with Crippen molar-refractivity contribution >= 4 is 23.6 Å². The lowest BCUT2D eigenvalue weighted by atomic mass is 9.97. The van der Waals surface area contributed by atoms with Crippen molar-refractivity contribution < 1.29 is 22.4 Å². The van der Waals surface area contributed by atoms with Crippen LogP contribution in [0.15, 0.2) is 34.8 Å². The Kier molecular flexibility index (Phi) is 5.31. The first-order valence-corrected chi connectivity index (χ1v) is 8.34. The summed E-state index contributed by atoms with van der Waals surface area (Å²) in [6.07, 6.45) is -0.637. The molecule has 5 nitrogen and oxygen atoms in total. The van der Waals surface area contributed by atoms with Crippen molar-refractivity contribution in [1.29, 1.82) is 0 Å². The molecule has 26 heavy (non-hydrogen) atoms. The number of halogens is 4. The van der Waals surface area contributed by atoms with Crippen molar-refractivity contribution in [2.45, 2.75) is 24.9 Å². The molecule has 1 aliphatic heterocycles. The highest BCUT2D eigenvalue weighted by Gasteiger charge is 2.39. The normalized spacial score (nSPS) is 16.4. The number of likely N-dealkylation sites (tertiary alicyclic amines) is 1. The van der Waals surface area contributed by atoms with Crippen LogP contribution in [0.3, 0.4) is 0 Å². The van der Waals surface area contributed by atoms with Gasteiger partial charge in [0.25, 0.3) is 0 Å². The van der Waals surface area contributed by atoms with Crippen molar-refractivity contribution in [3.05, 3.63) is 52.7 Å². The summed E-state index contributed by atoms with van der Waals surface area (Å²) in [6.45, 7) is 0.806. The van der Waals surface area contributed by atoms with E-state index < -0.39 is 12.1 Å². The summed E-state index contributed by atoms with van der Waals surface area (Å²) in [5.74, 6) is -1.83. The molecule has 0 radical (unpaired) electrons. The van der Waals surface area contributed by atoms with Crippen molar-refractivity contribution in [1.82, 2.24) is 15.1 Å². The minimum Gasteiger partial charge on any atom is -0.417 e. The average Bonchev–Trinajstić information content (AvgIpc) is 3.11. The van der Waals surface area contributed by atoms with Gasteiger partial charge in [0.1, 0.15) is 0 Å². The fourth-order valence-electron chi connectivity index (χ4n) is 2.74. The number of carbonyl (C=O) groups excluding carboxylic acids is 1. The summed E-state index contributed by atoms with van der Waals surface area (Å²) in [5.41, 5.74) is 0.739. The Morgan fingerprint density at radius 2 is 1.92 bits per heavy atom. The van der Waals surface area contributed by atoms with Gasteiger partial charge in [0, 0.05) is 30.1 Å². The van der Waals surface area contributed by atoms with E-state index in [1.807, 2.05) is 6.07 Å². The summed E-state index contributed by atoms with van der Waals surface area (Å²) in [7, 11) is 0. The van der Waals surface area contributed by atoms with Crippen LogP contribution in [0.4, 0.5) is 13.2 Å². The van der Waals surface area contributed by atoms with E-state index in [0.29, 0.717) is 31.0 Å². The van der Waals surface area contributed by atoms with Gasteiger partial charge in [-0.2, -0.15) is 13.2 Å². The number of rotatable bonds is 3. The zero-order chi connectivity index (χ0) is 18.7. The molecule has 1 aromatic carbocycles. The number of carbonyl (C=O) groups is 1. The molecule has 1 saturated heterocycles. The molecular formula is C17H15ClF3N3O2. The minimum atomic E-state index is -4.65. The van der Waals surface area contributed by atoms with Crippen LogP contribution in [0.2, 0.25) is 5.02 Å². The monoisotopic (exact) mass is 385 g/mol. The van der Waals surface area contributed by atoms with E-state index in [4.69, 9.17) is 16.0 Å². The molecule has 1 fully saturated rings. The molecule has 1 amide bonds. The van der Waals surface area contributed by atoms with Crippen molar-refractivity contribution in [2.24, 2.45) is 0 Å². The highest BCUT2D eigenvalue weighted by atomic mass is 35.5. The summed E-state index contributed by atoms with van der Waals surface area (Å²) in [6, 6.07) is 7.15. The first-order chi connectivity index (χ1) is 12.3. The van der Waals surface area contributed by atoms with Crippen LogP contribution < -0.4 is 0 Å². The predicted molar refractivity (Wildman–Crippen MR) is 88.3 cm³/mol. The van der Waals surface area contributed by atoms with E-state index in [0.717, 1.165) is 5.56 Å². The van der Waals surface area contributed by atoms with Gasteiger partial charge in [-0.3, -0.25) is 4.79 Å². The first-order valence-electron chi connectivity index (χ1n) is 7.96. The topological polar surface area (TPSA) is 59.2 Å². The molecule has 0 N–H and O–H groups in total. The molecular weight excluding hydrogens is 371 g/mol. The number of hydrogen-bond acceptors (Lipinski definition) is 4. The third-order valence-corrected chi connectivity index (χ3v) is 4.49. The fourth-order valence-corrected chi connectivity index (χ4v) is 2.94. The second-order valence-electron chi connectivity index (χ2n) is 5.90. The highest BCUT2D eigenvalue weighted by molar-refractivity contribution is 6.32. The molecule has 0 spiro atoms. The molecule has 0 atom stereocenters. The maximum atomic E-state index is 12.5. The van der Waals surface area contributed by atoms with Crippen molar-refractivity contribution in [3.8, 4) is 0 Å². The van der Waals surface area contributed by atoms with Crippen LogP contribution in [0.1, 0.15) is 36.1 Å².